The fourth-order valence-electron chi connectivity index (χ4n) is 1.74. The molecule has 1 aromatic rings. The summed E-state index contributed by atoms with van der Waals surface area (Å²) in [7, 11) is 4.19. The van der Waals surface area contributed by atoms with E-state index in [4.69, 9.17) is 0 Å². The molecule has 0 saturated carbocycles. The van der Waals surface area contributed by atoms with Gasteiger partial charge in [0.2, 0.25) is 0 Å². The Bertz CT molecular complexity index is 290. The molecule has 2 nitrogen and oxygen atoms in total. The lowest BCUT2D eigenvalue weighted by molar-refractivity contribution is 0.383. The van der Waals surface area contributed by atoms with E-state index in [1.54, 1.807) is 0 Å². The fraction of sp³-hybridized carbons (Fsp3) is 0.455. The number of nitrogens with one attached hydrogen (secondary N) is 1. The van der Waals surface area contributed by atoms with Crippen LogP contribution in [0.25, 0.3) is 0 Å². The number of para-hydroxylation sites is 1. The van der Waals surface area contributed by atoms with Crippen LogP contribution in [0.2, 0.25) is 0 Å². The first kappa shape index (κ1) is 8.57. The van der Waals surface area contributed by atoms with E-state index in [-0.39, 0.29) is 0 Å². The van der Waals surface area contributed by atoms with Crippen LogP contribution in [0.1, 0.15) is 18.0 Å². The van der Waals surface area contributed by atoms with Crippen molar-refractivity contribution < 1.29 is 0 Å². The quantitative estimate of drug-likeness (QED) is 0.739. The van der Waals surface area contributed by atoms with Gasteiger partial charge in [-0.1, -0.05) is 18.2 Å². The number of nitrogens with zero attached hydrogens (tertiary/aromatic N) is 1. The summed E-state index contributed by atoms with van der Waals surface area (Å²) in [5.41, 5.74) is 2.76. The summed E-state index contributed by atoms with van der Waals surface area (Å²) in [6.45, 7) is 1.16. The molecule has 1 atom stereocenters. The van der Waals surface area contributed by atoms with E-state index in [2.05, 4.69) is 48.6 Å². The molecule has 70 valence electrons. The average molecular weight is 176 g/mol. The molecule has 0 aliphatic carbocycles. The second kappa shape index (κ2) is 3.38. The Kier molecular flexibility index (Phi) is 2.23. The van der Waals surface area contributed by atoms with Crippen molar-refractivity contribution in [1.82, 2.24) is 5.32 Å². The zero-order valence-electron chi connectivity index (χ0n) is 8.25. The van der Waals surface area contributed by atoms with Crippen LogP contribution < -0.4 is 10.2 Å². The maximum Gasteiger partial charge on any atom is 0.0409 e. The minimum Gasteiger partial charge on any atom is -0.377 e. The molecular formula is C11H16N2. The lowest BCUT2D eigenvalue weighted by atomic mass is 9.96. The molecule has 2 heteroatoms. The standard InChI is InChI=1S/C11H16N2/c1-13(2)11-6-4-3-5-9(11)10-7-8-12-10/h3-6,10,12H,7-8H2,1-2H3/t10-/m0/s1. The van der Waals surface area contributed by atoms with Crippen LogP contribution in [-0.4, -0.2) is 20.6 Å². The number of rotatable bonds is 2. The van der Waals surface area contributed by atoms with Crippen molar-refractivity contribution in [3.05, 3.63) is 29.8 Å². The van der Waals surface area contributed by atoms with E-state index in [0.29, 0.717) is 6.04 Å². The zero-order valence-corrected chi connectivity index (χ0v) is 8.25. The predicted molar refractivity (Wildman–Crippen MR) is 56.1 cm³/mol. The summed E-state index contributed by atoms with van der Waals surface area (Å²) in [5, 5.41) is 3.43. The molecule has 13 heavy (non-hydrogen) atoms. The smallest absolute Gasteiger partial charge is 0.0409 e. The van der Waals surface area contributed by atoms with Gasteiger partial charge in [-0.3, -0.25) is 0 Å². The molecule has 0 bridgehead atoms. The van der Waals surface area contributed by atoms with Gasteiger partial charge in [0.05, 0.1) is 0 Å². The third-order valence-electron chi connectivity index (χ3n) is 2.62. The van der Waals surface area contributed by atoms with Crippen LogP contribution in [0, 0.1) is 0 Å². The minimum atomic E-state index is 0.582. The summed E-state index contributed by atoms with van der Waals surface area (Å²) in [5.74, 6) is 0. The van der Waals surface area contributed by atoms with Gasteiger partial charge in [-0.15, -0.1) is 0 Å². The molecule has 1 heterocycles. The zero-order chi connectivity index (χ0) is 9.26. The van der Waals surface area contributed by atoms with Crippen molar-refractivity contribution in [3.8, 4) is 0 Å². The highest BCUT2D eigenvalue weighted by molar-refractivity contribution is 5.54. The molecule has 1 aliphatic rings. The van der Waals surface area contributed by atoms with E-state index in [1.165, 1.54) is 17.7 Å². The first-order valence-corrected chi connectivity index (χ1v) is 4.78. The van der Waals surface area contributed by atoms with Crippen molar-refractivity contribution >= 4 is 5.69 Å². The van der Waals surface area contributed by atoms with E-state index in [9.17, 15) is 0 Å². The van der Waals surface area contributed by atoms with Gasteiger partial charge in [-0.2, -0.15) is 0 Å². The Labute approximate surface area is 79.6 Å². The molecule has 0 aromatic heterocycles. The molecule has 0 spiro atoms. The van der Waals surface area contributed by atoms with E-state index in [1.807, 2.05) is 0 Å². The highest BCUT2D eigenvalue weighted by Crippen LogP contribution is 2.30. The number of anilines is 1. The van der Waals surface area contributed by atoms with Crippen molar-refractivity contribution in [2.45, 2.75) is 12.5 Å². The highest BCUT2D eigenvalue weighted by atomic mass is 15.1. The summed E-state index contributed by atoms with van der Waals surface area (Å²) >= 11 is 0. The Morgan fingerprint density at radius 2 is 2.00 bits per heavy atom. The van der Waals surface area contributed by atoms with Crippen LogP contribution >= 0.6 is 0 Å². The van der Waals surface area contributed by atoms with E-state index >= 15 is 0 Å². The third kappa shape index (κ3) is 1.54. The number of hydrogen-bond donors (Lipinski definition) is 1. The van der Waals surface area contributed by atoms with Gasteiger partial charge in [0, 0.05) is 25.8 Å². The van der Waals surface area contributed by atoms with Crippen LogP contribution in [0.15, 0.2) is 24.3 Å². The Morgan fingerprint density at radius 1 is 1.31 bits per heavy atom. The molecule has 1 saturated heterocycles. The molecule has 1 fully saturated rings. The molecule has 0 unspecified atom stereocenters. The van der Waals surface area contributed by atoms with Crippen LogP contribution in [0.4, 0.5) is 5.69 Å². The molecule has 1 aromatic carbocycles. The molecule has 0 amide bonds. The lowest BCUT2D eigenvalue weighted by Crippen LogP contribution is -2.35. The summed E-state index contributed by atoms with van der Waals surface area (Å²) in [6.07, 6.45) is 1.27. The maximum absolute atomic E-state index is 3.43. The SMILES string of the molecule is CN(C)c1ccccc1[C@@H]1CCN1. The highest BCUT2D eigenvalue weighted by Gasteiger charge is 2.21. The van der Waals surface area contributed by atoms with Gasteiger partial charge in [0.15, 0.2) is 0 Å². The average Bonchev–Trinajstić information content (AvgIpc) is 2.02. The second-order valence-electron chi connectivity index (χ2n) is 3.75. The van der Waals surface area contributed by atoms with Crippen LogP contribution in [0.3, 0.4) is 0 Å². The predicted octanol–water partition coefficient (Wildman–Crippen LogP) is 1.79. The summed E-state index contributed by atoms with van der Waals surface area (Å²) < 4.78 is 0. The largest absolute Gasteiger partial charge is 0.377 e. The van der Waals surface area contributed by atoms with Gasteiger partial charge in [0.25, 0.3) is 0 Å². The summed E-state index contributed by atoms with van der Waals surface area (Å²) in [4.78, 5) is 2.18. The van der Waals surface area contributed by atoms with Gasteiger partial charge in [-0.25, -0.2) is 0 Å². The Morgan fingerprint density at radius 3 is 2.54 bits per heavy atom. The van der Waals surface area contributed by atoms with E-state index < -0.39 is 0 Å². The van der Waals surface area contributed by atoms with Gasteiger partial charge >= 0.3 is 0 Å². The molecular weight excluding hydrogens is 160 g/mol. The topological polar surface area (TPSA) is 15.3 Å². The van der Waals surface area contributed by atoms with E-state index in [0.717, 1.165) is 6.54 Å². The lowest BCUT2D eigenvalue weighted by Gasteiger charge is -2.31. The first-order chi connectivity index (χ1) is 6.29. The Balaban J connectivity index is 2.31. The molecule has 1 aliphatic heterocycles. The number of benzene rings is 1. The van der Waals surface area contributed by atoms with Crippen molar-refractivity contribution in [2.24, 2.45) is 0 Å². The molecule has 0 radical (unpaired) electrons. The van der Waals surface area contributed by atoms with Crippen LogP contribution in [-0.2, 0) is 0 Å². The van der Waals surface area contributed by atoms with Crippen molar-refractivity contribution in [1.29, 1.82) is 0 Å². The maximum atomic E-state index is 3.43. The van der Waals surface area contributed by atoms with Gasteiger partial charge in [-0.05, 0) is 24.6 Å². The molecule has 1 N–H and O–H groups in total. The summed E-state index contributed by atoms with van der Waals surface area (Å²) in [6, 6.07) is 9.18. The van der Waals surface area contributed by atoms with Crippen molar-refractivity contribution in [3.63, 3.8) is 0 Å². The Hall–Kier alpha value is -1.02. The van der Waals surface area contributed by atoms with Crippen LogP contribution in [0.5, 0.6) is 0 Å². The van der Waals surface area contributed by atoms with Gasteiger partial charge < -0.3 is 10.2 Å². The number of hydrogen-bond acceptors (Lipinski definition) is 2. The van der Waals surface area contributed by atoms with Gasteiger partial charge in [0.1, 0.15) is 0 Å². The molecule has 2 rings (SSSR count). The third-order valence-corrected chi connectivity index (χ3v) is 2.62. The first-order valence-electron chi connectivity index (χ1n) is 4.78. The second-order valence-corrected chi connectivity index (χ2v) is 3.75. The normalized spacial score (nSPS) is 20.9. The van der Waals surface area contributed by atoms with Crippen molar-refractivity contribution in [2.75, 3.05) is 25.5 Å². The monoisotopic (exact) mass is 176 g/mol. The minimum absolute atomic E-state index is 0.582. The fourth-order valence-corrected chi connectivity index (χ4v) is 1.74.